The first-order valence-corrected chi connectivity index (χ1v) is 7.39. The molecule has 1 aromatic carbocycles. The van der Waals surface area contributed by atoms with Gasteiger partial charge in [-0.05, 0) is 42.6 Å². The Kier molecular flexibility index (Phi) is 3.85. The topological polar surface area (TPSA) is 30.9 Å². The molecule has 1 aromatic rings. The minimum absolute atomic E-state index is 0.173. The van der Waals surface area contributed by atoms with E-state index < -0.39 is 0 Å². The van der Waals surface area contributed by atoms with Crippen LogP contribution in [-0.2, 0) is 11.2 Å². The molecule has 2 aliphatic rings. The molecule has 3 rings (SSSR count). The highest BCUT2D eigenvalue weighted by Gasteiger charge is 2.37. The van der Waals surface area contributed by atoms with Crippen molar-refractivity contribution in [1.82, 2.24) is 4.90 Å². The summed E-state index contributed by atoms with van der Waals surface area (Å²) in [5, 5.41) is 0. The molecule has 0 aromatic heterocycles. The van der Waals surface area contributed by atoms with Crippen molar-refractivity contribution in [2.75, 3.05) is 33.9 Å². The van der Waals surface area contributed by atoms with Gasteiger partial charge >= 0.3 is 0 Å². The molecule has 2 atom stereocenters. The standard InChI is InChI=1S/C16H23NO3/c1-4-17-7-8-20-16-12-10-15(19-3)14(18-2)9-11(12)5-6-13(16)17/h9-10,13,16H,4-8H2,1-3H3/t13-,16-/m1/s1. The summed E-state index contributed by atoms with van der Waals surface area (Å²) in [5.74, 6) is 1.61. The molecule has 0 unspecified atom stereocenters. The van der Waals surface area contributed by atoms with E-state index in [-0.39, 0.29) is 6.10 Å². The maximum absolute atomic E-state index is 6.08. The van der Waals surface area contributed by atoms with Crippen LogP contribution in [0, 0.1) is 0 Å². The van der Waals surface area contributed by atoms with E-state index >= 15 is 0 Å². The molecule has 0 bridgehead atoms. The first kappa shape index (κ1) is 13.7. The minimum Gasteiger partial charge on any atom is -0.493 e. The van der Waals surface area contributed by atoms with Crippen molar-refractivity contribution in [2.24, 2.45) is 0 Å². The lowest BCUT2D eigenvalue weighted by Gasteiger charge is -2.44. The van der Waals surface area contributed by atoms with Crippen LogP contribution in [0.2, 0.25) is 0 Å². The van der Waals surface area contributed by atoms with Gasteiger partial charge in [-0.25, -0.2) is 0 Å². The Morgan fingerprint density at radius 1 is 1.25 bits per heavy atom. The maximum Gasteiger partial charge on any atom is 0.161 e. The number of hydrogen-bond donors (Lipinski definition) is 0. The zero-order chi connectivity index (χ0) is 14.1. The fraction of sp³-hybridized carbons (Fsp3) is 0.625. The molecule has 4 heteroatoms. The van der Waals surface area contributed by atoms with E-state index in [1.165, 1.54) is 11.1 Å². The van der Waals surface area contributed by atoms with E-state index in [1.807, 2.05) is 0 Å². The lowest BCUT2D eigenvalue weighted by Crippen LogP contribution is -2.48. The SMILES string of the molecule is CCN1CCO[C@@H]2c3cc(OC)c(OC)cc3CC[C@H]21. The van der Waals surface area contributed by atoms with Crippen LogP contribution >= 0.6 is 0 Å². The van der Waals surface area contributed by atoms with Gasteiger partial charge in [0.05, 0.1) is 26.9 Å². The second-order valence-corrected chi connectivity index (χ2v) is 5.43. The Bertz CT molecular complexity index is 489. The number of rotatable bonds is 3. The number of benzene rings is 1. The van der Waals surface area contributed by atoms with Crippen LogP contribution in [-0.4, -0.2) is 44.9 Å². The molecule has 1 saturated heterocycles. The van der Waals surface area contributed by atoms with E-state index in [2.05, 4.69) is 24.0 Å². The highest BCUT2D eigenvalue weighted by molar-refractivity contribution is 5.49. The molecule has 0 spiro atoms. The molecule has 110 valence electrons. The molecule has 0 radical (unpaired) electrons. The first-order valence-electron chi connectivity index (χ1n) is 7.39. The van der Waals surface area contributed by atoms with Crippen molar-refractivity contribution in [3.63, 3.8) is 0 Å². The van der Waals surface area contributed by atoms with E-state index in [0.29, 0.717) is 6.04 Å². The lowest BCUT2D eigenvalue weighted by molar-refractivity contribution is -0.0785. The van der Waals surface area contributed by atoms with E-state index in [9.17, 15) is 0 Å². The monoisotopic (exact) mass is 277 g/mol. The fourth-order valence-corrected chi connectivity index (χ4v) is 3.51. The Hall–Kier alpha value is -1.26. The quantitative estimate of drug-likeness (QED) is 0.849. The molecule has 0 amide bonds. The predicted octanol–water partition coefficient (Wildman–Crippen LogP) is 2.41. The highest BCUT2D eigenvalue weighted by Crippen LogP contribution is 2.42. The Morgan fingerprint density at radius 2 is 2.00 bits per heavy atom. The third-order valence-corrected chi connectivity index (χ3v) is 4.56. The molecule has 4 nitrogen and oxygen atoms in total. The van der Waals surface area contributed by atoms with Crippen molar-refractivity contribution in [3.05, 3.63) is 23.3 Å². The van der Waals surface area contributed by atoms with Gasteiger partial charge in [-0.3, -0.25) is 4.90 Å². The van der Waals surface area contributed by atoms with Crippen molar-refractivity contribution in [1.29, 1.82) is 0 Å². The maximum atomic E-state index is 6.08. The summed E-state index contributed by atoms with van der Waals surface area (Å²) in [6, 6.07) is 4.71. The smallest absolute Gasteiger partial charge is 0.161 e. The van der Waals surface area contributed by atoms with Crippen molar-refractivity contribution < 1.29 is 14.2 Å². The average Bonchev–Trinajstić information content (AvgIpc) is 2.52. The van der Waals surface area contributed by atoms with Crippen LogP contribution < -0.4 is 9.47 Å². The number of morpholine rings is 1. The number of likely N-dealkylation sites (N-methyl/N-ethyl adjacent to an activating group) is 1. The van der Waals surface area contributed by atoms with Crippen LogP contribution in [0.5, 0.6) is 11.5 Å². The molecular formula is C16H23NO3. The van der Waals surface area contributed by atoms with Gasteiger partial charge in [0.1, 0.15) is 0 Å². The molecule has 0 N–H and O–H groups in total. The van der Waals surface area contributed by atoms with Gasteiger partial charge in [-0.1, -0.05) is 6.92 Å². The number of hydrogen-bond acceptors (Lipinski definition) is 4. The summed E-state index contributed by atoms with van der Waals surface area (Å²) in [4.78, 5) is 2.54. The number of methoxy groups -OCH3 is 2. The van der Waals surface area contributed by atoms with Gasteiger partial charge in [0.2, 0.25) is 0 Å². The lowest BCUT2D eigenvalue weighted by atomic mass is 9.83. The van der Waals surface area contributed by atoms with Gasteiger partial charge in [0, 0.05) is 12.6 Å². The average molecular weight is 277 g/mol. The van der Waals surface area contributed by atoms with Crippen LogP contribution in [0.3, 0.4) is 0 Å². The van der Waals surface area contributed by atoms with Gasteiger partial charge in [-0.15, -0.1) is 0 Å². The molecular weight excluding hydrogens is 254 g/mol. The van der Waals surface area contributed by atoms with Crippen LogP contribution in [0.1, 0.15) is 30.6 Å². The molecule has 1 fully saturated rings. The second-order valence-electron chi connectivity index (χ2n) is 5.43. The normalized spacial score (nSPS) is 25.8. The van der Waals surface area contributed by atoms with E-state index in [1.54, 1.807) is 14.2 Å². The van der Waals surface area contributed by atoms with Gasteiger partial charge in [0.15, 0.2) is 11.5 Å². The minimum atomic E-state index is 0.173. The molecule has 1 heterocycles. The van der Waals surface area contributed by atoms with E-state index in [0.717, 1.165) is 44.0 Å². The van der Waals surface area contributed by atoms with Crippen LogP contribution in [0.25, 0.3) is 0 Å². The first-order chi connectivity index (χ1) is 9.78. The molecule has 1 aliphatic heterocycles. The summed E-state index contributed by atoms with van der Waals surface area (Å²) in [7, 11) is 3.37. The summed E-state index contributed by atoms with van der Waals surface area (Å²) in [6.07, 6.45) is 2.41. The predicted molar refractivity (Wildman–Crippen MR) is 77.6 cm³/mol. The molecule has 20 heavy (non-hydrogen) atoms. The molecule has 0 saturated carbocycles. The molecule has 1 aliphatic carbocycles. The Labute approximate surface area is 120 Å². The number of ether oxygens (including phenoxy) is 3. The summed E-state index contributed by atoms with van der Waals surface area (Å²) >= 11 is 0. The number of aryl methyl sites for hydroxylation is 1. The number of nitrogens with zero attached hydrogens (tertiary/aromatic N) is 1. The largest absolute Gasteiger partial charge is 0.493 e. The Balaban J connectivity index is 1.99. The third kappa shape index (κ3) is 2.17. The van der Waals surface area contributed by atoms with E-state index in [4.69, 9.17) is 14.2 Å². The fourth-order valence-electron chi connectivity index (χ4n) is 3.51. The van der Waals surface area contributed by atoms with Crippen molar-refractivity contribution >= 4 is 0 Å². The van der Waals surface area contributed by atoms with Crippen molar-refractivity contribution in [3.8, 4) is 11.5 Å². The summed E-state index contributed by atoms with van der Waals surface area (Å²) < 4.78 is 16.9. The van der Waals surface area contributed by atoms with Gasteiger partial charge < -0.3 is 14.2 Å². The zero-order valence-electron chi connectivity index (χ0n) is 12.5. The van der Waals surface area contributed by atoms with Crippen molar-refractivity contribution in [2.45, 2.75) is 31.9 Å². The highest BCUT2D eigenvalue weighted by atomic mass is 16.5. The third-order valence-electron chi connectivity index (χ3n) is 4.56. The zero-order valence-corrected chi connectivity index (χ0v) is 12.5. The van der Waals surface area contributed by atoms with Crippen LogP contribution in [0.4, 0.5) is 0 Å². The van der Waals surface area contributed by atoms with Crippen LogP contribution in [0.15, 0.2) is 12.1 Å². The van der Waals surface area contributed by atoms with Gasteiger partial charge in [0.25, 0.3) is 0 Å². The summed E-state index contributed by atoms with van der Waals surface area (Å²) in [6.45, 7) is 5.17. The Morgan fingerprint density at radius 3 is 2.70 bits per heavy atom. The second kappa shape index (κ2) is 5.62. The van der Waals surface area contributed by atoms with Gasteiger partial charge in [-0.2, -0.15) is 0 Å². The summed E-state index contributed by atoms with van der Waals surface area (Å²) in [5.41, 5.74) is 2.61. The number of fused-ring (bicyclic) bond motifs is 3.